The zero-order chi connectivity index (χ0) is 17.2. The van der Waals surface area contributed by atoms with Crippen LogP contribution in [-0.2, 0) is 10.0 Å². The largest absolute Gasteiger partial charge is 0.244 e. The van der Waals surface area contributed by atoms with Gasteiger partial charge in [-0.2, -0.15) is 4.31 Å². The summed E-state index contributed by atoms with van der Waals surface area (Å²) in [5.74, 6) is 0. The Hall–Kier alpha value is -2.43. The SMILES string of the molecule is Cc1ccc(S(=O)(=O)N2C3c4ccccc4-c4ccccc4C32)cc1. The Kier molecular flexibility index (Phi) is 3.00. The van der Waals surface area contributed by atoms with Crippen LogP contribution in [0.15, 0.2) is 77.7 Å². The first-order valence-corrected chi connectivity index (χ1v) is 9.81. The van der Waals surface area contributed by atoms with Gasteiger partial charge >= 0.3 is 0 Å². The van der Waals surface area contributed by atoms with E-state index in [1.54, 1.807) is 16.4 Å². The van der Waals surface area contributed by atoms with Crippen LogP contribution in [0.3, 0.4) is 0 Å². The molecule has 0 radical (unpaired) electrons. The minimum Gasteiger partial charge on any atom is -0.207 e. The molecule has 2 aliphatic rings. The van der Waals surface area contributed by atoms with Crippen molar-refractivity contribution >= 4 is 10.0 Å². The summed E-state index contributed by atoms with van der Waals surface area (Å²) in [5.41, 5.74) is 5.53. The minimum absolute atomic E-state index is 0.0996. The number of benzene rings is 3. The van der Waals surface area contributed by atoms with E-state index in [4.69, 9.17) is 0 Å². The van der Waals surface area contributed by atoms with Gasteiger partial charge in [-0.05, 0) is 41.3 Å². The topological polar surface area (TPSA) is 37.1 Å². The highest BCUT2D eigenvalue weighted by Crippen LogP contribution is 2.63. The van der Waals surface area contributed by atoms with Crippen molar-refractivity contribution in [1.29, 1.82) is 0 Å². The maximum absolute atomic E-state index is 13.2. The molecular formula is C21H17NO2S. The van der Waals surface area contributed by atoms with Crippen LogP contribution < -0.4 is 0 Å². The predicted octanol–water partition coefficient (Wildman–Crippen LogP) is 4.46. The van der Waals surface area contributed by atoms with E-state index in [9.17, 15) is 8.42 Å². The molecule has 1 saturated heterocycles. The van der Waals surface area contributed by atoms with Crippen molar-refractivity contribution in [2.24, 2.45) is 0 Å². The summed E-state index contributed by atoms with van der Waals surface area (Å²) in [6.07, 6.45) is 0. The number of fused-ring (bicyclic) bond motifs is 6. The molecule has 3 nitrogen and oxygen atoms in total. The van der Waals surface area contributed by atoms with Crippen molar-refractivity contribution in [3.63, 3.8) is 0 Å². The van der Waals surface area contributed by atoms with Gasteiger partial charge in [0.25, 0.3) is 0 Å². The van der Waals surface area contributed by atoms with Crippen molar-refractivity contribution in [3.8, 4) is 11.1 Å². The van der Waals surface area contributed by atoms with Crippen molar-refractivity contribution in [2.75, 3.05) is 0 Å². The second kappa shape index (κ2) is 5.04. The summed E-state index contributed by atoms with van der Waals surface area (Å²) in [5, 5.41) is 0. The van der Waals surface area contributed by atoms with Crippen LogP contribution in [0, 0.1) is 6.92 Å². The third kappa shape index (κ3) is 2.04. The predicted molar refractivity (Wildman–Crippen MR) is 97.6 cm³/mol. The fourth-order valence-electron chi connectivity index (χ4n) is 3.96. The van der Waals surface area contributed by atoms with E-state index in [2.05, 4.69) is 12.1 Å². The summed E-state index contributed by atoms with van der Waals surface area (Å²) in [7, 11) is -3.52. The number of hydrogen-bond acceptors (Lipinski definition) is 2. The quantitative estimate of drug-likeness (QED) is 0.642. The summed E-state index contributed by atoms with van der Waals surface area (Å²) in [6, 6.07) is 23.2. The van der Waals surface area contributed by atoms with Crippen LogP contribution in [0.2, 0.25) is 0 Å². The number of hydrogen-bond donors (Lipinski definition) is 0. The number of aryl methyl sites for hydroxylation is 1. The van der Waals surface area contributed by atoms with E-state index in [0.29, 0.717) is 4.90 Å². The summed E-state index contributed by atoms with van der Waals surface area (Å²) in [6.45, 7) is 1.96. The first-order chi connectivity index (χ1) is 12.1. The second-order valence-electron chi connectivity index (χ2n) is 6.71. The first-order valence-electron chi connectivity index (χ1n) is 8.37. The highest BCUT2D eigenvalue weighted by Gasteiger charge is 2.60. The van der Waals surface area contributed by atoms with Gasteiger partial charge in [0.05, 0.1) is 17.0 Å². The van der Waals surface area contributed by atoms with Gasteiger partial charge in [-0.1, -0.05) is 66.2 Å². The molecule has 0 N–H and O–H groups in total. The molecule has 0 saturated carbocycles. The number of rotatable bonds is 2. The lowest BCUT2D eigenvalue weighted by atomic mass is 9.86. The van der Waals surface area contributed by atoms with Gasteiger partial charge in [-0.15, -0.1) is 0 Å². The molecular weight excluding hydrogens is 330 g/mol. The molecule has 1 aliphatic heterocycles. The van der Waals surface area contributed by atoms with E-state index in [1.807, 2.05) is 55.5 Å². The molecule has 3 aromatic carbocycles. The zero-order valence-electron chi connectivity index (χ0n) is 13.8. The third-order valence-corrected chi connectivity index (χ3v) is 7.08. The Morgan fingerprint density at radius 1 is 0.720 bits per heavy atom. The van der Waals surface area contributed by atoms with E-state index in [-0.39, 0.29) is 12.1 Å². The summed E-state index contributed by atoms with van der Waals surface area (Å²) >= 11 is 0. The highest BCUT2D eigenvalue weighted by atomic mass is 32.2. The molecule has 124 valence electrons. The van der Waals surface area contributed by atoms with Crippen molar-refractivity contribution in [2.45, 2.75) is 23.9 Å². The van der Waals surface area contributed by atoms with Gasteiger partial charge < -0.3 is 0 Å². The maximum Gasteiger partial charge on any atom is 0.244 e. The average molecular weight is 347 g/mol. The van der Waals surface area contributed by atoms with Crippen LogP contribution >= 0.6 is 0 Å². The Bertz CT molecular complexity index is 1040. The lowest BCUT2D eigenvalue weighted by Crippen LogP contribution is -2.13. The maximum atomic E-state index is 13.2. The molecule has 1 aliphatic carbocycles. The molecule has 5 rings (SSSR count). The average Bonchev–Trinajstić information content (AvgIpc) is 3.39. The van der Waals surface area contributed by atoms with Gasteiger partial charge in [0.2, 0.25) is 10.0 Å². The fraction of sp³-hybridized carbons (Fsp3) is 0.143. The highest BCUT2D eigenvalue weighted by molar-refractivity contribution is 7.89. The van der Waals surface area contributed by atoms with Crippen LogP contribution in [-0.4, -0.2) is 12.7 Å². The normalized spacial score (nSPS) is 23.3. The number of sulfonamides is 1. The van der Waals surface area contributed by atoms with E-state index < -0.39 is 10.0 Å². The van der Waals surface area contributed by atoms with Crippen LogP contribution in [0.4, 0.5) is 0 Å². The molecule has 0 amide bonds. The zero-order valence-corrected chi connectivity index (χ0v) is 14.6. The van der Waals surface area contributed by atoms with E-state index >= 15 is 0 Å². The molecule has 0 bridgehead atoms. The van der Waals surface area contributed by atoms with Gasteiger partial charge in [0.1, 0.15) is 0 Å². The Morgan fingerprint density at radius 2 is 1.20 bits per heavy atom. The van der Waals surface area contributed by atoms with Crippen molar-refractivity contribution < 1.29 is 8.42 Å². The molecule has 1 heterocycles. The molecule has 2 unspecified atom stereocenters. The molecule has 3 aromatic rings. The third-order valence-electron chi connectivity index (χ3n) is 5.20. The first kappa shape index (κ1) is 14.9. The Morgan fingerprint density at radius 3 is 1.72 bits per heavy atom. The Balaban J connectivity index is 1.67. The number of nitrogens with zero attached hydrogens (tertiary/aromatic N) is 1. The standard InChI is InChI=1S/C21H17NO2S/c1-14-10-12-15(13-11-14)25(23,24)22-20-18-8-4-2-6-16(18)17-7-3-5-9-19(17)21(20)22/h2-13,20-21H,1H3. The molecule has 0 spiro atoms. The fourth-order valence-corrected chi connectivity index (χ4v) is 5.68. The van der Waals surface area contributed by atoms with Gasteiger partial charge in [-0.25, -0.2) is 8.42 Å². The minimum atomic E-state index is -3.52. The smallest absolute Gasteiger partial charge is 0.207 e. The van der Waals surface area contributed by atoms with E-state index in [1.165, 1.54) is 0 Å². The van der Waals surface area contributed by atoms with Gasteiger partial charge in [0.15, 0.2) is 0 Å². The molecule has 1 fully saturated rings. The van der Waals surface area contributed by atoms with Crippen LogP contribution in [0.25, 0.3) is 11.1 Å². The van der Waals surface area contributed by atoms with Crippen molar-refractivity contribution in [3.05, 3.63) is 89.5 Å². The molecule has 2 atom stereocenters. The lowest BCUT2D eigenvalue weighted by Gasteiger charge is -2.16. The lowest BCUT2D eigenvalue weighted by molar-refractivity contribution is 0.548. The molecule has 25 heavy (non-hydrogen) atoms. The monoisotopic (exact) mass is 347 g/mol. The van der Waals surface area contributed by atoms with Crippen LogP contribution in [0.5, 0.6) is 0 Å². The van der Waals surface area contributed by atoms with Gasteiger partial charge in [-0.3, -0.25) is 0 Å². The van der Waals surface area contributed by atoms with Crippen molar-refractivity contribution in [1.82, 2.24) is 4.31 Å². The Labute approximate surface area is 147 Å². The second-order valence-corrected chi connectivity index (χ2v) is 8.56. The molecule has 4 heteroatoms. The molecule has 0 aromatic heterocycles. The van der Waals surface area contributed by atoms with Crippen LogP contribution in [0.1, 0.15) is 28.8 Å². The van der Waals surface area contributed by atoms with Gasteiger partial charge in [0, 0.05) is 0 Å². The van der Waals surface area contributed by atoms with E-state index in [0.717, 1.165) is 27.8 Å². The summed E-state index contributed by atoms with van der Waals surface area (Å²) in [4.78, 5) is 0.363. The summed E-state index contributed by atoms with van der Waals surface area (Å²) < 4.78 is 28.1.